The highest BCUT2D eigenvalue weighted by molar-refractivity contribution is 7.89. The molecule has 0 unspecified atom stereocenters. The van der Waals surface area contributed by atoms with Gasteiger partial charge in [0.15, 0.2) is 5.69 Å². The molecular weight excluding hydrogens is 360 g/mol. The van der Waals surface area contributed by atoms with E-state index in [-0.39, 0.29) is 28.4 Å². The Morgan fingerprint density at radius 3 is 2.54 bits per heavy atom. The molecule has 3 rings (SSSR count). The van der Waals surface area contributed by atoms with Crippen LogP contribution in [-0.4, -0.2) is 31.8 Å². The van der Waals surface area contributed by atoms with Gasteiger partial charge in [0.05, 0.1) is 4.90 Å². The topological polar surface area (TPSA) is 144 Å². The molecule has 0 atom stereocenters. The van der Waals surface area contributed by atoms with Crippen LogP contribution in [0.2, 0.25) is 0 Å². The number of amides is 2. The van der Waals surface area contributed by atoms with Crippen LogP contribution in [0.3, 0.4) is 0 Å². The van der Waals surface area contributed by atoms with Gasteiger partial charge in [0.25, 0.3) is 5.91 Å². The smallest absolute Gasteiger partial charge is 0.302 e. The van der Waals surface area contributed by atoms with Crippen molar-refractivity contribution >= 4 is 27.9 Å². The van der Waals surface area contributed by atoms with Gasteiger partial charge in [-0.3, -0.25) is 14.9 Å². The van der Waals surface area contributed by atoms with Crippen molar-refractivity contribution in [1.29, 1.82) is 0 Å². The van der Waals surface area contributed by atoms with E-state index in [4.69, 9.17) is 9.56 Å². The zero-order valence-corrected chi connectivity index (χ0v) is 14.6. The van der Waals surface area contributed by atoms with E-state index in [2.05, 4.69) is 15.6 Å². The second-order valence-corrected chi connectivity index (χ2v) is 7.56. The molecule has 4 N–H and O–H groups in total. The highest BCUT2D eigenvalue weighted by atomic mass is 32.2. The van der Waals surface area contributed by atoms with Gasteiger partial charge in [-0.25, -0.2) is 13.6 Å². The number of nitrogens with one attached hydrogen (secondary N) is 2. The van der Waals surface area contributed by atoms with Crippen molar-refractivity contribution in [3.8, 4) is 0 Å². The molecule has 10 heteroatoms. The minimum Gasteiger partial charge on any atom is -0.431 e. The minimum absolute atomic E-state index is 0.00522. The Hall–Kier alpha value is -2.72. The number of aromatic nitrogens is 1. The van der Waals surface area contributed by atoms with E-state index >= 15 is 0 Å². The van der Waals surface area contributed by atoms with E-state index in [0.717, 1.165) is 18.4 Å². The van der Waals surface area contributed by atoms with Gasteiger partial charge in [0, 0.05) is 12.5 Å². The molecule has 1 aromatic carbocycles. The predicted molar refractivity (Wildman–Crippen MR) is 91.7 cm³/mol. The summed E-state index contributed by atoms with van der Waals surface area (Å²) in [5, 5.41) is 10.2. The lowest BCUT2D eigenvalue weighted by molar-refractivity contribution is -0.117. The third-order valence-electron chi connectivity index (χ3n) is 3.87. The molecule has 0 saturated heterocycles. The van der Waals surface area contributed by atoms with E-state index in [1.54, 1.807) is 12.1 Å². The number of nitrogens with two attached hydrogens (primary N) is 1. The average molecular weight is 378 g/mol. The van der Waals surface area contributed by atoms with E-state index in [1.165, 1.54) is 18.4 Å². The van der Waals surface area contributed by atoms with Crippen molar-refractivity contribution in [2.45, 2.75) is 24.2 Å². The summed E-state index contributed by atoms with van der Waals surface area (Å²) in [6.07, 6.45) is 3.40. The Bertz CT molecular complexity index is 916. The first-order valence-electron chi connectivity index (χ1n) is 7.99. The molecule has 1 aliphatic carbocycles. The van der Waals surface area contributed by atoms with Crippen LogP contribution in [0.15, 0.2) is 39.8 Å². The quantitative estimate of drug-likeness (QED) is 0.645. The Kier molecular flexibility index (Phi) is 5.05. The summed E-state index contributed by atoms with van der Waals surface area (Å²) in [5.41, 5.74) is 0.913. The molecule has 0 radical (unpaired) electrons. The summed E-state index contributed by atoms with van der Waals surface area (Å²) in [6, 6.07) is 6.10. The molecular formula is C16H18N4O5S. The number of nitrogens with zero attached hydrogens (tertiary/aromatic N) is 1. The third-order valence-corrected chi connectivity index (χ3v) is 4.80. The first-order chi connectivity index (χ1) is 12.3. The van der Waals surface area contributed by atoms with Crippen LogP contribution in [0.25, 0.3) is 0 Å². The van der Waals surface area contributed by atoms with Crippen LogP contribution in [0.4, 0.5) is 6.01 Å². The summed E-state index contributed by atoms with van der Waals surface area (Å²) < 4.78 is 27.5. The van der Waals surface area contributed by atoms with Gasteiger partial charge in [-0.1, -0.05) is 12.1 Å². The number of primary sulfonamides is 1. The van der Waals surface area contributed by atoms with Gasteiger partial charge in [-0.05, 0) is 37.0 Å². The summed E-state index contributed by atoms with van der Waals surface area (Å²) >= 11 is 0. The van der Waals surface area contributed by atoms with Crippen molar-refractivity contribution in [3.05, 3.63) is 41.8 Å². The number of benzene rings is 1. The summed E-state index contributed by atoms with van der Waals surface area (Å²) in [4.78, 5) is 27.6. The molecule has 1 saturated carbocycles. The second kappa shape index (κ2) is 7.26. The molecule has 1 heterocycles. The second-order valence-electron chi connectivity index (χ2n) is 6.00. The van der Waals surface area contributed by atoms with Crippen LogP contribution in [-0.2, 0) is 21.2 Å². The zero-order valence-electron chi connectivity index (χ0n) is 13.8. The fourth-order valence-corrected chi connectivity index (χ4v) is 2.76. The molecule has 9 nitrogen and oxygen atoms in total. The van der Waals surface area contributed by atoms with Gasteiger partial charge in [-0.2, -0.15) is 4.98 Å². The maximum Gasteiger partial charge on any atom is 0.302 e. The Balaban J connectivity index is 1.48. The first kappa shape index (κ1) is 18.1. The van der Waals surface area contributed by atoms with Gasteiger partial charge >= 0.3 is 6.01 Å². The number of oxazole rings is 1. The normalized spacial score (nSPS) is 14.0. The fourth-order valence-electron chi connectivity index (χ4n) is 2.25. The fraction of sp³-hybridized carbons (Fsp3) is 0.312. The van der Waals surface area contributed by atoms with Gasteiger partial charge in [-0.15, -0.1) is 0 Å². The maximum atomic E-state index is 12.0. The minimum atomic E-state index is -3.72. The number of sulfonamides is 1. The van der Waals surface area contributed by atoms with E-state index in [9.17, 15) is 18.0 Å². The maximum absolute atomic E-state index is 12.0. The van der Waals surface area contributed by atoms with Crippen LogP contribution in [0.1, 0.15) is 28.9 Å². The van der Waals surface area contributed by atoms with E-state index < -0.39 is 15.9 Å². The van der Waals surface area contributed by atoms with Crippen molar-refractivity contribution in [1.82, 2.24) is 10.3 Å². The Morgan fingerprint density at radius 2 is 1.92 bits per heavy atom. The number of anilines is 1. The standard InChI is InChI=1S/C16H18N4O5S/c17-26(23,24)12-5-1-10(2-6-12)7-8-18-15(22)13-9-25-16(19-13)20-14(21)11-3-4-11/h1-2,5-6,9,11H,3-4,7-8H2,(H,18,22)(H2,17,23,24)(H,19,20,21). The van der Waals surface area contributed by atoms with Crippen molar-refractivity contribution < 1.29 is 22.4 Å². The molecule has 0 spiro atoms. The lowest BCUT2D eigenvalue weighted by atomic mass is 10.1. The van der Waals surface area contributed by atoms with E-state index in [1.807, 2.05) is 0 Å². The van der Waals surface area contributed by atoms with Crippen molar-refractivity contribution in [2.24, 2.45) is 11.1 Å². The zero-order chi connectivity index (χ0) is 18.7. The monoisotopic (exact) mass is 378 g/mol. The van der Waals surface area contributed by atoms with Crippen molar-refractivity contribution in [3.63, 3.8) is 0 Å². The third kappa shape index (κ3) is 4.67. The largest absolute Gasteiger partial charge is 0.431 e. The summed E-state index contributed by atoms with van der Waals surface area (Å²) in [5.74, 6) is -0.566. The lowest BCUT2D eigenvalue weighted by Gasteiger charge is -2.04. The number of hydrogen-bond acceptors (Lipinski definition) is 6. The number of carbonyl (C=O) groups is 2. The lowest BCUT2D eigenvalue weighted by Crippen LogP contribution is -2.26. The van der Waals surface area contributed by atoms with Crippen LogP contribution < -0.4 is 15.8 Å². The molecule has 2 aromatic rings. The van der Waals surface area contributed by atoms with Crippen LogP contribution in [0, 0.1) is 5.92 Å². The van der Waals surface area contributed by atoms with Crippen LogP contribution in [0.5, 0.6) is 0 Å². The van der Waals surface area contributed by atoms with Gasteiger partial charge < -0.3 is 9.73 Å². The van der Waals surface area contributed by atoms with Gasteiger partial charge in [0.2, 0.25) is 15.9 Å². The molecule has 138 valence electrons. The SMILES string of the molecule is NS(=O)(=O)c1ccc(CCNC(=O)c2coc(NC(=O)C3CC3)n2)cc1. The number of rotatable bonds is 7. The van der Waals surface area contributed by atoms with E-state index in [0.29, 0.717) is 13.0 Å². The highest BCUT2D eigenvalue weighted by Crippen LogP contribution is 2.30. The number of hydrogen-bond donors (Lipinski definition) is 3. The predicted octanol–water partition coefficient (Wildman–Crippen LogP) is 0.643. The molecule has 1 aromatic heterocycles. The highest BCUT2D eigenvalue weighted by Gasteiger charge is 2.30. The van der Waals surface area contributed by atoms with Gasteiger partial charge in [0.1, 0.15) is 6.26 Å². The molecule has 0 bridgehead atoms. The summed E-state index contributed by atoms with van der Waals surface area (Å²) in [7, 11) is -3.72. The molecule has 0 aliphatic heterocycles. The molecule has 2 amide bonds. The molecule has 26 heavy (non-hydrogen) atoms. The molecule has 1 aliphatic rings. The van der Waals surface area contributed by atoms with Crippen LogP contribution >= 0.6 is 0 Å². The first-order valence-corrected chi connectivity index (χ1v) is 9.54. The van der Waals surface area contributed by atoms with Crippen molar-refractivity contribution in [2.75, 3.05) is 11.9 Å². The number of carbonyl (C=O) groups excluding carboxylic acids is 2. The average Bonchev–Trinajstić information content (AvgIpc) is 3.34. The Morgan fingerprint density at radius 1 is 1.23 bits per heavy atom. The summed E-state index contributed by atoms with van der Waals surface area (Å²) in [6.45, 7) is 0.324. The molecule has 1 fully saturated rings. The Labute approximate surface area is 150 Å².